The highest BCUT2D eigenvalue weighted by atomic mass is 19.1. The van der Waals surface area contributed by atoms with Crippen molar-refractivity contribution in [3.05, 3.63) is 29.8 Å². The molecule has 4 nitrogen and oxygen atoms in total. The molecule has 0 aliphatic heterocycles. The number of rotatable bonds is 9. The third-order valence-corrected chi connectivity index (χ3v) is 3.43. The average molecular weight is 301 g/mol. The van der Waals surface area contributed by atoms with Crippen molar-refractivity contribution in [2.24, 2.45) is 0 Å². The standard InChI is InChI=1S/C15H21F2NO3/c1-3-15(14(19)20,18-4-2)8-5-9-21-13-7-6-11(16)10-12(13)17/h6-7,10,18H,3-5,8-9H2,1-2H3,(H,19,20). The summed E-state index contributed by atoms with van der Waals surface area (Å²) in [4.78, 5) is 11.4. The van der Waals surface area contributed by atoms with E-state index in [-0.39, 0.29) is 12.4 Å². The number of aliphatic carboxylic acids is 1. The Morgan fingerprint density at radius 1 is 1.38 bits per heavy atom. The molecule has 0 aromatic heterocycles. The predicted molar refractivity (Wildman–Crippen MR) is 75.4 cm³/mol. The number of nitrogens with one attached hydrogen (secondary N) is 1. The van der Waals surface area contributed by atoms with Gasteiger partial charge in [-0.25, -0.2) is 8.78 Å². The molecule has 0 heterocycles. The molecule has 1 unspecified atom stereocenters. The summed E-state index contributed by atoms with van der Waals surface area (Å²) >= 11 is 0. The van der Waals surface area contributed by atoms with E-state index in [9.17, 15) is 18.7 Å². The van der Waals surface area contributed by atoms with Gasteiger partial charge in [-0.3, -0.25) is 4.79 Å². The second-order valence-corrected chi connectivity index (χ2v) is 4.80. The van der Waals surface area contributed by atoms with E-state index >= 15 is 0 Å². The van der Waals surface area contributed by atoms with Crippen LogP contribution in [-0.4, -0.2) is 29.8 Å². The molecule has 0 aliphatic rings. The first-order chi connectivity index (χ1) is 9.95. The van der Waals surface area contributed by atoms with Crippen molar-refractivity contribution in [1.82, 2.24) is 5.32 Å². The molecule has 6 heteroatoms. The molecule has 0 spiro atoms. The summed E-state index contributed by atoms with van der Waals surface area (Å²) in [6, 6.07) is 3.09. The van der Waals surface area contributed by atoms with Crippen LogP contribution in [-0.2, 0) is 4.79 Å². The minimum absolute atomic E-state index is 0.0303. The number of carboxylic acid groups (broad SMARTS) is 1. The van der Waals surface area contributed by atoms with E-state index < -0.39 is 23.1 Å². The fraction of sp³-hybridized carbons (Fsp3) is 0.533. The van der Waals surface area contributed by atoms with Crippen LogP contribution >= 0.6 is 0 Å². The van der Waals surface area contributed by atoms with Crippen LogP contribution in [0.15, 0.2) is 18.2 Å². The van der Waals surface area contributed by atoms with Gasteiger partial charge in [0.05, 0.1) is 6.61 Å². The van der Waals surface area contributed by atoms with E-state index in [0.717, 1.165) is 12.1 Å². The molecule has 1 aromatic rings. The van der Waals surface area contributed by atoms with E-state index in [2.05, 4.69) is 5.32 Å². The van der Waals surface area contributed by atoms with Crippen LogP contribution in [0.2, 0.25) is 0 Å². The van der Waals surface area contributed by atoms with E-state index in [0.29, 0.717) is 25.8 Å². The molecule has 2 N–H and O–H groups in total. The number of carboxylic acids is 1. The van der Waals surface area contributed by atoms with Crippen LogP contribution in [0.3, 0.4) is 0 Å². The van der Waals surface area contributed by atoms with Gasteiger partial charge in [-0.05, 0) is 37.9 Å². The van der Waals surface area contributed by atoms with Crippen molar-refractivity contribution in [3.63, 3.8) is 0 Å². The summed E-state index contributed by atoms with van der Waals surface area (Å²) in [5.41, 5.74) is -0.987. The molecule has 0 fully saturated rings. The van der Waals surface area contributed by atoms with E-state index in [1.807, 2.05) is 6.92 Å². The number of halogens is 2. The van der Waals surface area contributed by atoms with Gasteiger partial charge >= 0.3 is 5.97 Å². The lowest BCUT2D eigenvalue weighted by atomic mass is 9.90. The van der Waals surface area contributed by atoms with Crippen LogP contribution in [0.4, 0.5) is 8.78 Å². The van der Waals surface area contributed by atoms with Gasteiger partial charge in [-0.1, -0.05) is 13.8 Å². The lowest BCUT2D eigenvalue weighted by molar-refractivity contribution is -0.145. The van der Waals surface area contributed by atoms with Gasteiger partial charge in [0.2, 0.25) is 0 Å². The zero-order valence-corrected chi connectivity index (χ0v) is 12.3. The van der Waals surface area contributed by atoms with Crippen molar-refractivity contribution < 1.29 is 23.4 Å². The molecule has 0 saturated carbocycles. The highest BCUT2D eigenvalue weighted by Gasteiger charge is 2.34. The van der Waals surface area contributed by atoms with E-state index in [1.165, 1.54) is 6.07 Å². The quantitative estimate of drug-likeness (QED) is 0.689. The monoisotopic (exact) mass is 301 g/mol. The first-order valence-corrected chi connectivity index (χ1v) is 7.01. The number of carbonyl (C=O) groups is 1. The van der Waals surface area contributed by atoms with Crippen molar-refractivity contribution >= 4 is 5.97 Å². The molecule has 0 bridgehead atoms. The van der Waals surface area contributed by atoms with Crippen molar-refractivity contribution in [2.75, 3.05) is 13.2 Å². The van der Waals surface area contributed by atoms with Gasteiger partial charge in [-0.2, -0.15) is 0 Å². The number of likely N-dealkylation sites (N-methyl/N-ethyl adjacent to an activating group) is 1. The Balaban J connectivity index is 2.53. The molecular formula is C15H21F2NO3. The summed E-state index contributed by atoms with van der Waals surface area (Å²) < 4.78 is 31.3. The smallest absolute Gasteiger partial charge is 0.323 e. The van der Waals surface area contributed by atoms with Crippen LogP contribution in [0, 0.1) is 11.6 Å². The highest BCUT2D eigenvalue weighted by molar-refractivity contribution is 5.78. The van der Waals surface area contributed by atoms with Crippen LogP contribution in [0.25, 0.3) is 0 Å². The molecule has 0 saturated heterocycles. The summed E-state index contributed by atoms with van der Waals surface area (Å²) in [6.07, 6.45) is 1.26. The van der Waals surface area contributed by atoms with E-state index in [1.54, 1.807) is 6.92 Å². The SMILES string of the molecule is CCNC(CC)(CCCOc1ccc(F)cc1F)C(=O)O. The fourth-order valence-electron chi connectivity index (χ4n) is 2.21. The number of hydrogen-bond donors (Lipinski definition) is 2. The molecule has 21 heavy (non-hydrogen) atoms. The molecule has 0 amide bonds. The third kappa shape index (κ3) is 4.67. The molecule has 0 radical (unpaired) electrons. The number of hydrogen-bond acceptors (Lipinski definition) is 3. The summed E-state index contributed by atoms with van der Waals surface area (Å²) in [5.74, 6) is -2.36. The Morgan fingerprint density at radius 3 is 2.62 bits per heavy atom. The van der Waals surface area contributed by atoms with Gasteiger partial charge in [0.1, 0.15) is 11.4 Å². The Hall–Kier alpha value is -1.69. The Labute approximate surface area is 123 Å². The highest BCUT2D eigenvalue weighted by Crippen LogP contribution is 2.21. The maximum Gasteiger partial charge on any atom is 0.323 e. The molecular weight excluding hydrogens is 280 g/mol. The predicted octanol–water partition coefficient (Wildman–Crippen LogP) is 2.97. The minimum Gasteiger partial charge on any atom is -0.491 e. The second-order valence-electron chi connectivity index (χ2n) is 4.80. The van der Waals surface area contributed by atoms with E-state index in [4.69, 9.17) is 4.74 Å². The average Bonchev–Trinajstić information content (AvgIpc) is 2.43. The topological polar surface area (TPSA) is 58.6 Å². The zero-order valence-electron chi connectivity index (χ0n) is 12.3. The van der Waals surface area contributed by atoms with Crippen LogP contribution in [0.1, 0.15) is 33.1 Å². The first kappa shape index (κ1) is 17.4. The normalized spacial score (nSPS) is 13.7. The lowest BCUT2D eigenvalue weighted by Gasteiger charge is -2.29. The Kier molecular flexibility index (Phi) is 6.55. The first-order valence-electron chi connectivity index (χ1n) is 7.01. The second kappa shape index (κ2) is 7.93. The maximum absolute atomic E-state index is 13.4. The number of benzene rings is 1. The van der Waals surface area contributed by atoms with Crippen molar-refractivity contribution in [3.8, 4) is 5.75 Å². The van der Waals surface area contributed by atoms with Crippen LogP contribution < -0.4 is 10.1 Å². The van der Waals surface area contributed by atoms with Gasteiger partial charge in [0, 0.05) is 6.07 Å². The summed E-state index contributed by atoms with van der Waals surface area (Å²) in [5, 5.41) is 12.3. The summed E-state index contributed by atoms with van der Waals surface area (Å²) in [7, 11) is 0. The molecule has 1 atom stereocenters. The van der Waals surface area contributed by atoms with Gasteiger partial charge in [0.25, 0.3) is 0 Å². The number of ether oxygens (including phenoxy) is 1. The lowest BCUT2D eigenvalue weighted by Crippen LogP contribution is -2.51. The van der Waals surface area contributed by atoms with Gasteiger partial charge < -0.3 is 15.2 Å². The fourth-order valence-corrected chi connectivity index (χ4v) is 2.21. The molecule has 1 aromatic carbocycles. The van der Waals surface area contributed by atoms with Crippen LogP contribution in [0.5, 0.6) is 5.75 Å². The van der Waals surface area contributed by atoms with Crippen molar-refractivity contribution in [1.29, 1.82) is 0 Å². The van der Waals surface area contributed by atoms with Gasteiger partial charge in [-0.15, -0.1) is 0 Å². The zero-order chi connectivity index (χ0) is 15.9. The largest absolute Gasteiger partial charge is 0.491 e. The Bertz CT molecular complexity index is 482. The molecule has 1 rings (SSSR count). The Morgan fingerprint density at radius 2 is 2.10 bits per heavy atom. The summed E-state index contributed by atoms with van der Waals surface area (Å²) in [6.45, 7) is 4.37. The van der Waals surface area contributed by atoms with Crippen molar-refractivity contribution in [2.45, 2.75) is 38.6 Å². The van der Waals surface area contributed by atoms with Gasteiger partial charge in [0.15, 0.2) is 11.6 Å². The third-order valence-electron chi connectivity index (χ3n) is 3.43. The maximum atomic E-state index is 13.4. The molecule has 118 valence electrons. The minimum atomic E-state index is -0.987. The molecule has 0 aliphatic carbocycles.